The van der Waals surface area contributed by atoms with Crippen molar-refractivity contribution in [1.29, 1.82) is 0 Å². The smallest absolute Gasteiger partial charge is 0.271 e. The summed E-state index contributed by atoms with van der Waals surface area (Å²) in [7, 11) is 0. The average molecular weight is 324 g/mol. The molecule has 0 spiro atoms. The molecule has 2 aromatic heterocycles. The first-order valence-electron chi connectivity index (χ1n) is 7.36. The molecule has 2 N–H and O–H groups in total. The number of carbonyl (C=O) groups excluding carboxylic acids is 1. The van der Waals surface area contributed by atoms with Gasteiger partial charge in [0.15, 0.2) is 5.75 Å². The summed E-state index contributed by atoms with van der Waals surface area (Å²) in [6.07, 6.45) is 7.55. The Labute approximate surface area is 133 Å². The molecule has 3 rings (SSSR count). The Hall–Kier alpha value is -2.02. The minimum absolute atomic E-state index is 0.0429. The maximum Gasteiger partial charge on any atom is 0.271 e. The number of aromatic amines is 1. The summed E-state index contributed by atoms with van der Waals surface area (Å²) in [5.41, 5.74) is 0.401. The van der Waals surface area contributed by atoms with Crippen LogP contribution in [0.2, 0.25) is 5.02 Å². The Kier molecular flexibility index (Phi) is 4.33. The topological polar surface area (TPSA) is 84.8 Å². The van der Waals surface area contributed by atoms with E-state index in [0.717, 1.165) is 19.3 Å². The molecule has 1 aliphatic carbocycles. The molecule has 1 amide bonds. The van der Waals surface area contributed by atoms with Crippen LogP contribution < -0.4 is 10.1 Å². The second kappa shape index (κ2) is 6.39. The number of H-pyrrole nitrogens is 1. The van der Waals surface area contributed by atoms with E-state index in [4.69, 9.17) is 16.3 Å². The average Bonchev–Trinajstić information content (AvgIpc) is 3.22. The van der Waals surface area contributed by atoms with Crippen LogP contribution in [0, 0.1) is 0 Å². The van der Waals surface area contributed by atoms with Gasteiger partial charge in [0.1, 0.15) is 11.8 Å². The Morgan fingerprint density at radius 3 is 3.14 bits per heavy atom. The van der Waals surface area contributed by atoms with Crippen LogP contribution in [0.15, 0.2) is 18.6 Å². The van der Waals surface area contributed by atoms with Crippen LogP contribution in [0.25, 0.3) is 0 Å². The molecular weight excluding hydrogens is 306 g/mol. The van der Waals surface area contributed by atoms with Crippen molar-refractivity contribution in [2.75, 3.05) is 0 Å². The fourth-order valence-corrected chi connectivity index (χ4v) is 3.00. The van der Waals surface area contributed by atoms with Gasteiger partial charge < -0.3 is 10.1 Å². The fourth-order valence-electron chi connectivity index (χ4n) is 2.78. The zero-order valence-electron chi connectivity index (χ0n) is 12.3. The first-order valence-corrected chi connectivity index (χ1v) is 7.74. The molecule has 0 aliphatic heterocycles. The van der Waals surface area contributed by atoms with Crippen LogP contribution in [0.4, 0.5) is 0 Å². The van der Waals surface area contributed by atoms with Crippen molar-refractivity contribution in [3.63, 3.8) is 0 Å². The summed E-state index contributed by atoms with van der Waals surface area (Å²) in [6, 6.07) is -0.0429. The van der Waals surface area contributed by atoms with E-state index in [9.17, 15) is 4.79 Å². The third-order valence-corrected chi connectivity index (χ3v) is 4.12. The first kappa shape index (κ1) is 14.9. The maximum absolute atomic E-state index is 12.5. The predicted octanol–water partition coefficient (Wildman–Crippen LogP) is 2.01. The monoisotopic (exact) mass is 323 g/mol. The summed E-state index contributed by atoms with van der Waals surface area (Å²) in [5.74, 6) is 0.472. The molecule has 2 atom stereocenters. The summed E-state index contributed by atoms with van der Waals surface area (Å²) in [6.45, 7) is 2.51. The lowest BCUT2D eigenvalue weighted by atomic mass is 10.2. The number of hydrogen-bond acceptors (Lipinski definition) is 4. The Balaban J connectivity index is 1.68. The second-order valence-corrected chi connectivity index (χ2v) is 5.67. The van der Waals surface area contributed by atoms with Gasteiger partial charge in [0.2, 0.25) is 0 Å². The van der Waals surface area contributed by atoms with E-state index in [1.54, 1.807) is 17.1 Å². The highest BCUT2D eigenvalue weighted by Gasteiger charge is 2.32. The number of hydrogen-bond donors (Lipinski definition) is 2. The molecule has 0 radical (unpaired) electrons. The zero-order valence-corrected chi connectivity index (χ0v) is 13.0. The van der Waals surface area contributed by atoms with E-state index in [-0.39, 0.29) is 18.1 Å². The largest absolute Gasteiger partial charge is 0.485 e. The fraction of sp³-hybridized carbons (Fsp3) is 0.500. The molecule has 0 unspecified atom stereocenters. The lowest BCUT2D eigenvalue weighted by molar-refractivity contribution is 0.0883. The van der Waals surface area contributed by atoms with Crippen LogP contribution in [-0.4, -0.2) is 38.0 Å². The summed E-state index contributed by atoms with van der Waals surface area (Å²) in [4.78, 5) is 12.5. The number of rotatable bonds is 5. The van der Waals surface area contributed by atoms with Gasteiger partial charge in [0.05, 0.1) is 29.7 Å². The minimum atomic E-state index is -0.211. The Morgan fingerprint density at radius 2 is 2.41 bits per heavy atom. The molecule has 0 aromatic carbocycles. The van der Waals surface area contributed by atoms with Gasteiger partial charge in [-0.15, -0.1) is 0 Å². The van der Waals surface area contributed by atoms with Crippen LogP contribution in [0.1, 0.15) is 36.7 Å². The molecular formula is C14H18ClN5O2. The minimum Gasteiger partial charge on any atom is -0.485 e. The third kappa shape index (κ3) is 2.94. The van der Waals surface area contributed by atoms with Crippen molar-refractivity contribution in [3.05, 3.63) is 29.3 Å². The van der Waals surface area contributed by atoms with Gasteiger partial charge >= 0.3 is 0 Å². The summed E-state index contributed by atoms with van der Waals surface area (Å²) >= 11 is 6.07. The SMILES string of the molecule is CCn1ncc(Cl)c1C(=O)N[C@H]1CCC[C@H]1Oc1cn[nH]c1. The van der Waals surface area contributed by atoms with Crippen LogP contribution in [-0.2, 0) is 6.54 Å². The number of aryl methyl sites for hydroxylation is 1. The lowest BCUT2D eigenvalue weighted by Crippen LogP contribution is -2.43. The zero-order chi connectivity index (χ0) is 15.5. The van der Waals surface area contributed by atoms with Gasteiger partial charge in [-0.05, 0) is 26.2 Å². The molecule has 8 heteroatoms. The molecule has 1 fully saturated rings. The molecule has 2 aromatic rings. The van der Waals surface area contributed by atoms with Crippen molar-refractivity contribution >= 4 is 17.5 Å². The number of amides is 1. The van der Waals surface area contributed by atoms with E-state index in [2.05, 4.69) is 20.6 Å². The lowest BCUT2D eigenvalue weighted by Gasteiger charge is -2.21. The van der Waals surface area contributed by atoms with E-state index >= 15 is 0 Å². The van der Waals surface area contributed by atoms with Gasteiger partial charge in [-0.25, -0.2) is 0 Å². The van der Waals surface area contributed by atoms with Crippen molar-refractivity contribution in [3.8, 4) is 5.75 Å². The molecule has 1 aliphatic rings. The van der Waals surface area contributed by atoms with Gasteiger partial charge in [-0.3, -0.25) is 14.6 Å². The normalized spacial score (nSPS) is 21.0. The van der Waals surface area contributed by atoms with Gasteiger partial charge in [0, 0.05) is 6.54 Å². The van der Waals surface area contributed by atoms with Crippen molar-refractivity contribution < 1.29 is 9.53 Å². The first-order chi connectivity index (χ1) is 10.7. The number of aromatic nitrogens is 4. The Bertz CT molecular complexity index is 640. The van der Waals surface area contributed by atoms with Gasteiger partial charge in [-0.2, -0.15) is 10.2 Å². The molecule has 118 valence electrons. The summed E-state index contributed by atoms with van der Waals surface area (Å²) < 4.78 is 7.46. The second-order valence-electron chi connectivity index (χ2n) is 5.26. The number of nitrogens with one attached hydrogen (secondary N) is 2. The maximum atomic E-state index is 12.5. The number of ether oxygens (including phenoxy) is 1. The number of halogens is 1. The highest BCUT2D eigenvalue weighted by atomic mass is 35.5. The van der Waals surface area contributed by atoms with Crippen molar-refractivity contribution in [2.24, 2.45) is 0 Å². The predicted molar refractivity (Wildman–Crippen MR) is 81.0 cm³/mol. The van der Waals surface area contributed by atoms with E-state index in [0.29, 0.717) is 23.0 Å². The molecule has 1 saturated carbocycles. The van der Waals surface area contributed by atoms with Gasteiger partial charge in [0.25, 0.3) is 5.91 Å². The van der Waals surface area contributed by atoms with E-state index in [1.165, 1.54) is 6.20 Å². The highest BCUT2D eigenvalue weighted by molar-refractivity contribution is 6.33. The molecule has 0 bridgehead atoms. The van der Waals surface area contributed by atoms with Crippen molar-refractivity contribution in [2.45, 2.75) is 44.9 Å². The van der Waals surface area contributed by atoms with Crippen LogP contribution in [0.3, 0.4) is 0 Å². The van der Waals surface area contributed by atoms with Crippen molar-refractivity contribution in [1.82, 2.24) is 25.3 Å². The number of carbonyl (C=O) groups is 1. The number of nitrogens with zero attached hydrogens (tertiary/aromatic N) is 3. The molecule has 2 heterocycles. The standard InChI is InChI=1S/C14H18ClN5O2/c1-2-20-13(10(15)8-18-20)14(21)19-11-4-3-5-12(11)22-9-6-16-17-7-9/h6-8,11-12H,2-5H2,1H3,(H,16,17)(H,19,21)/t11-,12+/m0/s1. The molecule has 7 nitrogen and oxygen atoms in total. The summed E-state index contributed by atoms with van der Waals surface area (Å²) in [5, 5.41) is 14.0. The quantitative estimate of drug-likeness (QED) is 0.881. The highest BCUT2D eigenvalue weighted by Crippen LogP contribution is 2.25. The van der Waals surface area contributed by atoms with Crippen LogP contribution >= 0.6 is 11.6 Å². The Morgan fingerprint density at radius 1 is 1.55 bits per heavy atom. The van der Waals surface area contributed by atoms with E-state index < -0.39 is 0 Å². The van der Waals surface area contributed by atoms with Crippen LogP contribution in [0.5, 0.6) is 5.75 Å². The molecule has 0 saturated heterocycles. The molecule has 22 heavy (non-hydrogen) atoms. The van der Waals surface area contributed by atoms with Gasteiger partial charge in [-0.1, -0.05) is 11.6 Å². The van der Waals surface area contributed by atoms with E-state index in [1.807, 2.05) is 6.92 Å². The third-order valence-electron chi connectivity index (χ3n) is 3.84.